The highest BCUT2D eigenvalue weighted by atomic mass is 16.2. The quantitative estimate of drug-likeness (QED) is 0.417. The molecule has 1 aromatic heterocycles. The molecule has 0 fully saturated rings. The lowest BCUT2D eigenvalue weighted by molar-refractivity contribution is 0.659. The highest BCUT2D eigenvalue weighted by molar-refractivity contribution is 5.52. The van der Waals surface area contributed by atoms with Gasteiger partial charge in [0.15, 0.2) is 0 Å². The fourth-order valence-corrected chi connectivity index (χ4v) is 3.91. The van der Waals surface area contributed by atoms with Crippen LogP contribution < -0.4 is 31.8 Å². The van der Waals surface area contributed by atoms with Crippen LogP contribution in [0.3, 0.4) is 0 Å². The highest BCUT2D eigenvalue weighted by Crippen LogP contribution is 2.17. The van der Waals surface area contributed by atoms with E-state index in [-0.39, 0.29) is 0 Å². The predicted molar refractivity (Wildman–Crippen MR) is 146 cm³/mol. The first-order valence-electron chi connectivity index (χ1n) is 11.4. The molecule has 0 N–H and O–H groups in total. The van der Waals surface area contributed by atoms with Crippen molar-refractivity contribution >= 4 is 17.1 Å². The van der Waals surface area contributed by atoms with Gasteiger partial charge >= 0.3 is 17.1 Å². The number of anilines is 3. The first-order chi connectivity index (χ1) is 17.1. The van der Waals surface area contributed by atoms with Crippen molar-refractivity contribution in [1.82, 2.24) is 13.7 Å². The molecule has 0 unspecified atom stereocenters. The maximum Gasteiger partial charge on any atom is 0.345 e. The van der Waals surface area contributed by atoms with Crippen molar-refractivity contribution in [2.24, 2.45) is 0 Å². The molecule has 0 radical (unpaired) electrons. The van der Waals surface area contributed by atoms with Crippen molar-refractivity contribution in [2.45, 2.75) is 0 Å². The molecule has 4 aromatic rings. The van der Waals surface area contributed by atoms with Gasteiger partial charge < -0.3 is 14.7 Å². The molecule has 0 saturated heterocycles. The summed E-state index contributed by atoms with van der Waals surface area (Å²) in [5.74, 6) is 0. The maximum absolute atomic E-state index is 13.7. The summed E-state index contributed by atoms with van der Waals surface area (Å²) in [6.07, 6.45) is 0. The zero-order valence-corrected chi connectivity index (χ0v) is 21.3. The topological polar surface area (TPSA) is 75.7 Å². The van der Waals surface area contributed by atoms with Crippen LogP contribution in [0.5, 0.6) is 0 Å². The summed E-state index contributed by atoms with van der Waals surface area (Å²) < 4.78 is 3.08. The Kier molecular flexibility index (Phi) is 6.57. The predicted octanol–water partition coefficient (Wildman–Crippen LogP) is 2.34. The lowest BCUT2D eigenvalue weighted by Crippen LogP contribution is -2.52. The minimum atomic E-state index is -0.735. The number of hydrogen-bond donors (Lipinski definition) is 0. The Labute approximate surface area is 209 Å². The number of aromatic nitrogens is 3. The van der Waals surface area contributed by atoms with E-state index in [1.54, 1.807) is 36.4 Å². The van der Waals surface area contributed by atoms with Crippen molar-refractivity contribution in [1.29, 1.82) is 0 Å². The van der Waals surface area contributed by atoms with E-state index in [0.29, 0.717) is 17.1 Å². The van der Waals surface area contributed by atoms with Gasteiger partial charge in [0.1, 0.15) is 0 Å². The fourth-order valence-electron chi connectivity index (χ4n) is 3.91. The molecule has 0 spiro atoms. The summed E-state index contributed by atoms with van der Waals surface area (Å²) in [5, 5.41) is 0. The molecule has 9 heteroatoms. The molecule has 0 saturated carbocycles. The second-order valence-corrected chi connectivity index (χ2v) is 9.09. The van der Waals surface area contributed by atoms with E-state index in [0.717, 1.165) is 30.8 Å². The van der Waals surface area contributed by atoms with E-state index >= 15 is 0 Å². The Bertz CT molecular complexity index is 1320. The van der Waals surface area contributed by atoms with Gasteiger partial charge in [-0.25, -0.2) is 28.1 Å². The van der Waals surface area contributed by atoms with E-state index in [1.165, 1.54) is 0 Å². The standard InChI is InChI=1S/C27H30N6O3/c1-28(2)19-7-13-22(14-8-19)31-25(34)32(23-15-9-20(10-16-23)29(3)4)27(36)33(26(31)35)24-17-11-21(12-18-24)30(5)6/h7-18H,1-6H3. The number of hydrogen-bond acceptors (Lipinski definition) is 6. The van der Waals surface area contributed by atoms with Crippen LogP contribution in [-0.2, 0) is 0 Å². The molecular weight excluding hydrogens is 456 g/mol. The molecular formula is C27H30N6O3. The molecule has 4 rings (SSSR count). The van der Waals surface area contributed by atoms with Crippen molar-refractivity contribution < 1.29 is 0 Å². The maximum atomic E-state index is 13.7. The van der Waals surface area contributed by atoms with Crippen LogP contribution >= 0.6 is 0 Å². The van der Waals surface area contributed by atoms with Gasteiger partial charge in [0.2, 0.25) is 0 Å². The zero-order valence-electron chi connectivity index (χ0n) is 21.3. The number of rotatable bonds is 6. The van der Waals surface area contributed by atoms with Gasteiger partial charge in [-0.2, -0.15) is 0 Å². The van der Waals surface area contributed by atoms with Crippen LogP contribution in [0.1, 0.15) is 0 Å². The molecule has 186 valence electrons. The Morgan fingerprint density at radius 3 is 0.750 bits per heavy atom. The lowest BCUT2D eigenvalue weighted by Gasteiger charge is -2.17. The van der Waals surface area contributed by atoms with E-state index in [1.807, 2.05) is 93.4 Å². The largest absolute Gasteiger partial charge is 0.378 e. The van der Waals surface area contributed by atoms with E-state index in [9.17, 15) is 14.4 Å². The Morgan fingerprint density at radius 1 is 0.389 bits per heavy atom. The van der Waals surface area contributed by atoms with Crippen molar-refractivity contribution in [3.8, 4) is 17.1 Å². The highest BCUT2D eigenvalue weighted by Gasteiger charge is 2.19. The minimum Gasteiger partial charge on any atom is -0.378 e. The number of benzene rings is 3. The molecule has 0 aliphatic heterocycles. The van der Waals surface area contributed by atoms with Gasteiger partial charge in [0.25, 0.3) is 0 Å². The van der Waals surface area contributed by atoms with Crippen molar-refractivity contribution in [3.05, 3.63) is 104 Å². The third kappa shape index (κ3) is 4.43. The average Bonchev–Trinajstić information content (AvgIpc) is 2.85. The summed E-state index contributed by atoms with van der Waals surface area (Å²) in [6.45, 7) is 0. The van der Waals surface area contributed by atoms with Gasteiger partial charge in [-0.1, -0.05) is 0 Å². The van der Waals surface area contributed by atoms with Crippen LogP contribution in [0.4, 0.5) is 17.1 Å². The summed E-state index contributed by atoms with van der Waals surface area (Å²) in [5.41, 5.74) is 1.65. The second-order valence-electron chi connectivity index (χ2n) is 9.09. The molecule has 0 atom stereocenters. The minimum absolute atomic E-state index is 0.368. The first-order valence-corrected chi connectivity index (χ1v) is 11.4. The van der Waals surface area contributed by atoms with Gasteiger partial charge in [-0.3, -0.25) is 0 Å². The van der Waals surface area contributed by atoms with Crippen LogP contribution in [-0.4, -0.2) is 56.0 Å². The third-order valence-corrected chi connectivity index (χ3v) is 6.02. The van der Waals surface area contributed by atoms with Crippen LogP contribution in [0.25, 0.3) is 17.1 Å². The summed E-state index contributed by atoms with van der Waals surface area (Å²) >= 11 is 0. The molecule has 36 heavy (non-hydrogen) atoms. The molecule has 1 heterocycles. The zero-order chi connectivity index (χ0) is 26.1. The van der Waals surface area contributed by atoms with Gasteiger partial charge in [-0.15, -0.1) is 0 Å². The van der Waals surface area contributed by atoms with Gasteiger partial charge in [0.05, 0.1) is 17.1 Å². The van der Waals surface area contributed by atoms with Gasteiger partial charge in [-0.05, 0) is 72.8 Å². The monoisotopic (exact) mass is 486 g/mol. The molecule has 0 bridgehead atoms. The van der Waals surface area contributed by atoms with Crippen molar-refractivity contribution in [3.63, 3.8) is 0 Å². The molecule has 3 aromatic carbocycles. The molecule has 0 aliphatic rings. The van der Waals surface area contributed by atoms with Crippen LogP contribution in [0.15, 0.2) is 87.2 Å². The van der Waals surface area contributed by atoms with Gasteiger partial charge in [0, 0.05) is 59.3 Å². The average molecular weight is 487 g/mol. The van der Waals surface area contributed by atoms with E-state index in [2.05, 4.69) is 0 Å². The van der Waals surface area contributed by atoms with Crippen LogP contribution in [0, 0.1) is 0 Å². The van der Waals surface area contributed by atoms with Crippen LogP contribution in [0.2, 0.25) is 0 Å². The molecule has 9 nitrogen and oxygen atoms in total. The SMILES string of the molecule is CN(C)c1ccc(-n2c(=O)n(-c3ccc(N(C)C)cc3)c(=O)n(-c3ccc(N(C)C)cc3)c2=O)cc1. The summed E-state index contributed by atoms with van der Waals surface area (Å²) in [4.78, 5) is 46.7. The Hall–Kier alpha value is -4.53. The Morgan fingerprint density at radius 2 is 0.583 bits per heavy atom. The smallest absolute Gasteiger partial charge is 0.345 e. The third-order valence-electron chi connectivity index (χ3n) is 6.02. The summed E-state index contributed by atoms with van der Waals surface area (Å²) in [7, 11) is 11.4. The fraction of sp³-hybridized carbons (Fsp3) is 0.222. The first kappa shape index (κ1) is 24.6. The van der Waals surface area contributed by atoms with E-state index < -0.39 is 17.1 Å². The Balaban J connectivity index is 2.03. The van der Waals surface area contributed by atoms with E-state index in [4.69, 9.17) is 0 Å². The molecule has 0 aliphatic carbocycles. The number of nitrogens with zero attached hydrogens (tertiary/aromatic N) is 6. The lowest BCUT2D eigenvalue weighted by atomic mass is 10.2. The second kappa shape index (κ2) is 9.61. The summed E-state index contributed by atoms with van der Waals surface area (Å²) in [6, 6.07) is 21.1. The molecule has 0 amide bonds. The van der Waals surface area contributed by atoms with Crippen molar-refractivity contribution in [2.75, 3.05) is 57.0 Å². The normalized spacial score (nSPS) is 10.8.